The van der Waals surface area contributed by atoms with Crippen LogP contribution >= 0.6 is 60.8 Å². The van der Waals surface area contributed by atoms with Crippen LogP contribution in [0.25, 0.3) is 0 Å². The molecule has 2 aromatic rings. The van der Waals surface area contributed by atoms with Crippen LogP contribution in [-0.4, -0.2) is 8.42 Å². The van der Waals surface area contributed by atoms with Crippen LogP contribution in [-0.2, 0) is 15.7 Å². The summed E-state index contributed by atoms with van der Waals surface area (Å²) in [5.41, 5.74) is 0.896. The largest absolute Gasteiger partial charge is 0.486 e. The quantitative estimate of drug-likeness (QED) is 0.409. The number of rotatable bonds is 4. The molecule has 2 rings (SSSR count). The second-order valence-electron chi connectivity index (χ2n) is 4.07. The maximum atomic E-state index is 11.6. The Hall–Kier alpha value is -0.0200. The third-order valence-electron chi connectivity index (χ3n) is 2.53. The lowest BCUT2D eigenvalue weighted by Crippen LogP contribution is -2.02. The minimum atomic E-state index is -3.96. The molecule has 0 aliphatic rings. The Labute approximate surface area is 154 Å². The van der Waals surface area contributed by atoms with Crippen molar-refractivity contribution in [3.63, 3.8) is 0 Å². The molecule has 0 aliphatic heterocycles. The molecule has 0 spiro atoms. The Kier molecular flexibility index (Phi) is 5.81. The molecule has 0 aliphatic carbocycles. The van der Waals surface area contributed by atoms with Crippen LogP contribution in [0.3, 0.4) is 0 Å². The summed E-state index contributed by atoms with van der Waals surface area (Å²) in [5, 5.41) is 0.175. The van der Waals surface area contributed by atoms with Crippen LogP contribution in [0.1, 0.15) is 5.56 Å². The van der Waals surface area contributed by atoms with Crippen LogP contribution in [0.5, 0.6) is 5.75 Å². The van der Waals surface area contributed by atoms with Gasteiger partial charge in [0.25, 0.3) is 9.05 Å². The number of benzene rings is 2. The van der Waals surface area contributed by atoms with Crippen molar-refractivity contribution in [1.29, 1.82) is 0 Å². The molecular weight excluding hydrogens is 514 g/mol. The number of hydrogen-bond acceptors (Lipinski definition) is 3. The first-order valence-electron chi connectivity index (χ1n) is 5.58. The average Bonchev–Trinajstić information content (AvgIpc) is 2.38. The monoisotopic (exact) mass is 520 g/mol. The Morgan fingerprint density at radius 1 is 1.19 bits per heavy atom. The zero-order valence-electron chi connectivity index (χ0n) is 10.3. The van der Waals surface area contributed by atoms with Crippen molar-refractivity contribution in [2.75, 3.05) is 0 Å². The van der Waals surface area contributed by atoms with Crippen molar-refractivity contribution in [3.8, 4) is 5.75 Å². The van der Waals surface area contributed by atoms with Gasteiger partial charge < -0.3 is 4.74 Å². The van der Waals surface area contributed by atoms with Crippen LogP contribution in [0.2, 0.25) is 5.02 Å². The molecule has 0 aromatic heterocycles. The van der Waals surface area contributed by atoms with Gasteiger partial charge in [-0.05, 0) is 52.4 Å². The first-order valence-corrected chi connectivity index (χ1v) is 10.1. The predicted octanol–water partition coefficient (Wildman–Crippen LogP) is 5.21. The van der Waals surface area contributed by atoms with E-state index in [1.165, 1.54) is 6.07 Å². The molecule has 0 saturated heterocycles. The third kappa shape index (κ3) is 4.72. The molecule has 0 bridgehead atoms. The lowest BCUT2D eigenvalue weighted by Gasteiger charge is -2.12. The van der Waals surface area contributed by atoms with E-state index in [-0.39, 0.29) is 22.3 Å². The van der Waals surface area contributed by atoms with Crippen molar-refractivity contribution < 1.29 is 13.2 Å². The number of halogens is 4. The van der Waals surface area contributed by atoms with Gasteiger partial charge in [-0.3, -0.25) is 0 Å². The van der Waals surface area contributed by atoms with Gasteiger partial charge in [0, 0.05) is 18.7 Å². The van der Waals surface area contributed by atoms with Crippen LogP contribution in [0.4, 0.5) is 0 Å². The molecule has 0 fully saturated rings. The highest BCUT2D eigenvalue weighted by atomic mass is 127. The minimum absolute atomic E-state index is 0.0495. The maximum Gasteiger partial charge on any atom is 0.265 e. The zero-order chi connectivity index (χ0) is 15.6. The fourth-order valence-corrected chi connectivity index (χ4v) is 4.03. The SMILES string of the molecule is O=S(=O)(Cl)c1cc(Br)cc(Cl)c1OCc1ccc(I)cc1. The van der Waals surface area contributed by atoms with Gasteiger partial charge in [0.2, 0.25) is 0 Å². The van der Waals surface area contributed by atoms with E-state index >= 15 is 0 Å². The topological polar surface area (TPSA) is 43.4 Å². The Bertz CT molecular complexity index is 764. The molecular formula is C13H8BrCl2IO3S. The second kappa shape index (κ2) is 7.04. The number of hydrogen-bond donors (Lipinski definition) is 0. The van der Waals surface area contributed by atoms with E-state index in [2.05, 4.69) is 38.5 Å². The molecule has 0 unspecified atom stereocenters. The van der Waals surface area contributed by atoms with E-state index in [0.717, 1.165) is 9.13 Å². The fraction of sp³-hybridized carbons (Fsp3) is 0.0769. The predicted molar refractivity (Wildman–Crippen MR) is 95.7 cm³/mol. The standard InChI is InChI=1S/C13H8BrCl2IO3S/c14-9-5-11(15)13(12(6-9)21(16,18)19)20-7-8-1-3-10(17)4-2-8/h1-6H,7H2. The molecule has 0 N–H and O–H groups in total. The van der Waals surface area contributed by atoms with Gasteiger partial charge in [-0.15, -0.1) is 0 Å². The van der Waals surface area contributed by atoms with Gasteiger partial charge in [0.1, 0.15) is 11.5 Å². The fourth-order valence-electron chi connectivity index (χ4n) is 1.59. The molecule has 112 valence electrons. The Balaban J connectivity index is 2.33. The maximum absolute atomic E-state index is 11.6. The lowest BCUT2D eigenvalue weighted by molar-refractivity contribution is 0.298. The third-order valence-corrected chi connectivity index (χ3v) is 5.32. The van der Waals surface area contributed by atoms with Crippen molar-refractivity contribution in [2.45, 2.75) is 11.5 Å². The lowest BCUT2D eigenvalue weighted by atomic mass is 10.2. The molecule has 8 heteroatoms. The first-order chi connectivity index (χ1) is 9.77. The van der Waals surface area contributed by atoms with Crippen molar-refractivity contribution in [2.24, 2.45) is 0 Å². The molecule has 3 nitrogen and oxygen atoms in total. The summed E-state index contributed by atoms with van der Waals surface area (Å²) >= 11 is 11.4. The van der Waals surface area contributed by atoms with E-state index in [9.17, 15) is 8.42 Å². The van der Waals surface area contributed by atoms with Crippen LogP contribution in [0, 0.1) is 3.57 Å². The van der Waals surface area contributed by atoms with Gasteiger partial charge >= 0.3 is 0 Å². The second-order valence-corrected chi connectivity index (χ2v) is 9.17. The summed E-state index contributed by atoms with van der Waals surface area (Å²) in [5.74, 6) is 0.0495. The van der Waals surface area contributed by atoms with Gasteiger partial charge in [-0.1, -0.05) is 39.7 Å². The van der Waals surface area contributed by atoms with Gasteiger partial charge in [-0.2, -0.15) is 0 Å². The van der Waals surface area contributed by atoms with Crippen molar-refractivity contribution >= 4 is 69.9 Å². The first kappa shape index (κ1) is 17.3. The van der Waals surface area contributed by atoms with Crippen LogP contribution < -0.4 is 4.74 Å². The highest BCUT2D eigenvalue weighted by molar-refractivity contribution is 14.1. The summed E-state index contributed by atoms with van der Waals surface area (Å²) in [4.78, 5) is -0.158. The highest BCUT2D eigenvalue weighted by Crippen LogP contribution is 2.37. The molecule has 0 amide bonds. The molecule has 21 heavy (non-hydrogen) atoms. The normalized spacial score (nSPS) is 11.4. The van der Waals surface area contributed by atoms with Gasteiger partial charge in [-0.25, -0.2) is 8.42 Å². The van der Waals surface area contributed by atoms with E-state index < -0.39 is 9.05 Å². The highest BCUT2D eigenvalue weighted by Gasteiger charge is 2.21. The van der Waals surface area contributed by atoms with E-state index in [1.807, 2.05) is 24.3 Å². The molecule has 0 atom stereocenters. The van der Waals surface area contributed by atoms with Gasteiger partial charge in [0.15, 0.2) is 5.75 Å². The summed E-state index contributed by atoms with van der Waals surface area (Å²) in [6.45, 7) is 0.192. The summed E-state index contributed by atoms with van der Waals surface area (Å²) in [6.07, 6.45) is 0. The van der Waals surface area contributed by atoms with Crippen molar-refractivity contribution in [3.05, 3.63) is 55.0 Å². The smallest absolute Gasteiger partial charge is 0.265 e. The van der Waals surface area contributed by atoms with E-state index in [1.54, 1.807) is 6.07 Å². The Morgan fingerprint density at radius 2 is 1.81 bits per heavy atom. The van der Waals surface area contributed by atoms with Crippen LogP contribution in [0.15, 0.2) is 45.8 Å². The Morgan fingerprint density at radius 3 is 2.38 bits per heavy atom. The van der Waals surface area contributed by atoms with Crippen molar-refractivity contribution in [1.82, 2.24) is 0 Å². The summed E-state index contributed by atoms with van der Waals surface area (Å²) < 4.78 is 30.4. The minimum Gasteiger partial charge on any atom is -0.486 e. The summed E-state index contributed by atoms with van der Waals surface area (Å²) in [7, 11) is 1.46. The molecule has 0 saturated carbocycles. The van der Waals surface area contributed by atoms with Gasteiger partial charge in [0.05, 0.1) is 5.02 Å². The zero-order valence-corrected chi connectivity index (χ0v) is 16.4. The van der Waals surface area contributed by atoms with E-state index in [4.69, 9.17) is 27.0 Å². The van der Waals surface area contributed by atoms with E-state index in [0.29, 0.717) is 4.47 Å². The molecule has 2 aromatic carbocycles. The molecule has 0 heterocycles. The summed E-state index contributed by atoms with van der Waals surface area (Å²) in [6, 6.07) is 10.6. The average molecular weight is 522 g/mol. The number of ether oxygens (including phenoxy) is 1. The molecule has 0 radical (unpaired) electrons.